The average Bonchev–Trinajstić information content (AvgIpc) is 3.11. The molecule has 3 aromatic rings. The molecule has 5 nitrogen and oxygen atoms in total. The summed E-state index contributed by atoms with van der Waals surface area (Å²) in [6.45, 7) is 0.413. The second-order valence-electron chi connectivity index (χ2n) is 7.12. The van der Waals surface area contributed by atoms with Gasteiger partial charge in [-0.15, -0.1) is 0 Å². The lowest BCUT2D eigenvalue weighted by Crippen LogP contribution is -2.33. The highest BCUT2D eigenvalue weighted by Crippen LogP contribution is 2.35. The molecule has 0 saturated heterocycles. The van der Waals surface area contributed by atoms with Crippen molar-refractivity contribution < 1.29 is 23.4 Å². The molecule has 1 amide bonds. The van der Waals surface area contributed by atoms with Crippen LogP contribution in [0.15, 0.2) is 60.7 Å². The van der Waals surface area contributed by atoms with Crippen LogP contribution in [0.1, 0.15) is 27.5 Å². The van der Waals surface area contributed by atoms with Crippen molar-refractivity contribution in [1.29, 1.82) is 0 Å². The smallest absolute Gasteiger partial charge is 0.255 e. The van der Waals surface area contributed by atoms with Crippen molar-refractivity contribution in [2.75, 3.05) is 20.8 Å². The van der Waals surface area contributed by atoms with E-state index in [1.807, 2.05) is 6.07 Å². The number of nitrogens with zero attached hydrogens (tertiary/aromatic N) is 1. The maximum absolute atomic E-state index is 15.0. The molecule has 3 aromatic carbocycles. The number of rotatable bonds is 7. The summed E-state index contributed by atoms with van der Waals surface area (Å²) in [7, 11) is 3.06. The minimum absolute atomic E-state index is 0.0725. The summed E-state index contributed by atoms with van der Waals surface area (Å²) in [6.07, 6.45) is 0. The van der Waals surface area contributed by atoms with E-state index in [0.717, 1.165) is 5.56 Å². The highest BCUT2D eigenvalue weighted by atomic mass is 35.5. The highest BCUT2D eigenvalue weighted by Gasteiger charge is 2.35. The van der Waals surface area contributed by atoms with E-state index < -0.39 is 11.9 Å². The Balaban J connectivity index is 1.65. The van der Waals surface area contributed by atoms with Gasteiger partial charge in [-0.05, 0) is 48.0 Å². The van der Waals surface area contributed by atoms with Gasteiger partial charge in [0.05, 0.1) is 20.3 Å². The second-order valence-corrected chi connectivity index (χ2v) is 7.56. The summed E-state index contributed by atoms with van der Waals surface area (Å²) in [5, 5.41) is 0.482. The Labute approximate surface area is 184 Å². The predicted molar refractivity (Wildman–Crippen MR) is 116 cm³/mol. The molecule has 0 fully saturated rings. The van der Waals surface area contributed by atoms with E-state index in [9.17, 15) is 9.18 Å². The van der Waals surface area contributed by atoms with Crippen LogP contribution in [0.25, 0.3) is 0 Å². The molecule has 1 unspecified atom stereocenters. The number of fused-ring (bicyclic) bond motifs is 1. The van der Waals surface area contributed by atoms with Crippen molar-refractivity contribution in [3.63, 3.8) is 0 Å². The van der Waals surface area contributed by atoms with Gasteiger partial charge >= 0.3 is 0 Å². The summed E-state index contributed by atoms with van der Waals surface area (Å²) >= 11 is 6.08. The lowest BCUT2D eigenvalue weighted by Gasteiger charge is -2.28. The van der Waals surface area contributed by atoms with Gasteiger partial charge in [-0.25, -0.2) is 4.39 Å². The highest BCUT2D eigenvalue weighted by molar-refractivity contribution is 6.31. The molecule has 1 atom stereocenters. The Morgan fingerprint density at radius 3 is 2.32 bits per heavy atom. The van der Waals surface area contributed by atoms with Gasteiger partial charge in [-0.3, -0.25) is 4.79 Å². The normalized spacial score (nSPS) is 13.7. The van der Waals surface area contributed by atoms with Gasteiger partial charge in [-0.2, -0.15) is 0 Å². The molecule has 0 radical (unpaired) electrons. The fraction of sp³-hybridized carbons (Fsp3) is 0.208. The molecule has 0 aliphatic carbocycles. The topological polar surface area (TPSA) is 48.0 Å². The maximum atomic E-state index is 15.0. The molecule has 0 spiro atoms. The van der Waals surface area contributed by atoms with E-state index in [4.69, 9.17) is 25.8 Å². The number of hydrogen-bond donors (Lipinski definition) is 0. The first-order valence-corrected chi connectivity index (χ1v) is 10.1. The summed E-state index contributed by atoms with van der Waals surface area (Å²) in [5.74, 6) is 1.01. The van der Waals surface area contributed by atoms with E-state index in [1.54, 1.807) is 60.5 Å². The lowest BCUT2D eigenvalue weighted by molar-refractivity contribution is 0.0630. The van der Waals surface area contributed by atoms with Crippen molar-refractivity contribution in [3.05, 3.63) is 88.2 Å². The van der Waals surface area contributed by atoms with Crippen LogP contribution in [0, 0.1) is 5.82 Å². The van der Waals surface area contributed by atoms with Crippen molar-refractivity contribution in [1.82, 2.24) is 4.90 Å². The molecule has 1 aliphatic heterocycles. The third-order valence-electron chi connectivity index (χ3n) is 5.31. The van der Waals surface area contributed by atoms with Crippen LogP contribution in [0.4, 0.5) is 4.39 Å². The number of benzene rings is 3. The van der Waals surface area contributed by atoms with Crippen molar-refractivity contribution >= 4 is 17.5 Å². The van der Waals surface area contributed by atoms with Crippen LogP contribution in [-0.4, -0.2) is 31.6 Å². The van der Waals surface area contributed by atoms with Crippen LogP contribution >= 0.6 is 11.6 Å². The largest absolute Gasteiger partial charge is 0.497 e. The van der Waals surface area contributed by atoms with Gasteiger partial charge in [0, 0.05) is 28.8 Å². The number of methoxy groups -OCH3 is 2. The molecular formula is C24H21ClFNO4. The van der Waals surface area contributed by atoms with Crippen LogP contribution < -0.4 is 14.2 Å². The van der Waals surface area contributed by atoms with Gasteiger partial charge in [0.25, 0.3) is 5.91 Å². The van der Waals surface area contributed by atoms with E-state index in [0.29, 0.717) is 39.9 Å². The maximum Gasteiger partial charge on any atom is 0.255 e. The van der Waals surface area contributed by atoms with Crippen LogP contribution in [0.3, 0.4) is 0 Å². The molecule has 1 heterocycles. The summed E-state index contributed by atoms with van der Waals surface area (Å²) in [6, 6.07) is 16.2. The van der Waals surface area contributed by atoms with Crippen molar-refractivity contribution in [2.45, 2.75) is 12.6 Å². The van der Waals surface area contributed by atoms with Gasteiger partial charge in [0.1, 0.15) is 29.7 Å². The summed E-state index contributed by atoms with van der Waals surface area (Å²) in [5.41, 5.74) is 1.72. The minimum Gasteiger partial charge on any atom is -0.497 e. The van der Waals surface area contributed by atoms with Crippen LogP contribution in [0.2, 0.25) is 5.02 Å². The Kier molecular flexibility index (Phi) is 6.00. The fourth-order valence-corrected chi connectivity index (χ4v) is 3.82. The number of amides is 1. The Morgan fingerprint density at radius 2 is 1.65 bits per heavy atom. The molecule has 31 heavy (non-hydrogen) atoms. The van der Waals surface area contributed by atoms with Crippen molar-refractivity contribution in [2.24, 2.45) is 0 Å². The van der Waals surface area contributed by atoms with E-state index in [1.165, 1.54) is 13.2 Å². The summed E-state index contributed by atoms with van der Waals surface area (Å²) < 4.78 is 31.2. The van der Waals surface area contributed by atoms with Gasteiger partial charge in [0.2, 0.25) is 0 Å². The third-order valence-corrected chi connectivity index (χ3v) is 5.55. The Hall–Kier alpha value is -3.25. The first-order valence-electron chi connectivity index (χ1n) is 9.70. The third kappa shape index (κ3) is 4.30. The molecule has 0 saturated carbocycles. The molecule has 0 aromatic heterocycles. The number of carbonyl (C=O) groups is 1. The van der Waals surface area contributed by atoms with Crippen LogP contribution in [-0.2, 0) is 6.54 Å². The monoisotopic (exact) mass is 441 g/mol. The molecule has 1 aliphatic rings. The number of ether oxygens (including phenoxy) is 3. The van der Waals surface area contributed by atoms with Crippen LogP contribution in [0.5, 0.6) is 17.2 Å². The average molecular weight is 442 g/mol. The van der Waals surface area contributed by atoms with E-state index >= 15 is 0 Å². The first kappa shape index (κ1) is 21.0. The number of halogens is 2. The van der Waals surface area contributed by atoms with Gasteiger partial charge in [-0.1, -0.05) is 23.7 Å². The molecular weight excluding hydrogens is 421 g/mol. The Morgan fingerprint density at radius 1 is 0.968 bits per heavy atom. The second kappa shape index (κ2) is 8.86. The minimum atomic E-state index is -0.647. The predicted octanol–water partition coefficient (Wildman–Crippen LogP) is 5.27. The number of carbonyl (C=O) groups excluding carboxylic acids is 1. The molecule has 0 N–H and O–H groups in total. The lowest BCUT2D eigenvalue weighted by atomic mass is 10.0. The van der Waals surface area contributed by atoms with E-state index in [-0.39, 0.29) is 12.5 Å². The molecule has 4 rings (SSSR count). The SMILES string of the molecule is COc1ccc(OCC(c2ccc(OC)cc2F)N2Cc3ccc(Cl)cc3C2=O)cc1. The number of hydrogen-bond acceptors (Lipinski definition) is 4. The van der Waals surface area contributed by atoms with Gasteiger partial charge in [0.15, 0.2) is 0 Å². The standard InChI is InChI=1S/C24H21ClFNO4/c1-29-17-5-7-18(8-6-17)31-14-23(20-10-9-19(30-2)12-22(20)26)27-13-15-3-4-16(25)11-21(15)24(27)28/h3-12,23H,13-14H2,1-2H3. The fourth-order valence-electron chi connectivity index (χ4n) is 3.65. The zero-order chi connectivity index (χ0) is 22.0. The van der Waals surface area contributed by atoms with Crippen molar-refractivity contribution in [3.8, 4) is 17.2 Å². The molecule has 7 heteroatoms. The Bertz CT molecular complexity index is 1100. The zero-order valence-electron chi connectivity index (χ0n) is 17.1. The first-order chi connectivity index (χ1) is 15.0. The van der Waals surface area contributed by atoms with E-state index in [2.05, 4.69) is 0 Å². The molecule has 0 bridgehead atoms. The van der Waals surface area contributed by atoms with Gasteiger partial charge < -0.3 is 19.1 Å². The summed E-state index contributed by atoms with van der Waals surface area (Å²) in [4.78, 5) is 14.7. The molecule has 160 valence electrons. The zero-order valence-corrected chi connectivity index (χ0v) is 17.9. The quantitative estimate of drug-likeness (QED) is 0.501.